The summed E-state index contributed by atoms with van der Waals surface area (Å²) in [5.74, 6) is 0.107. The minimum atomic E-state index is -0.360. The van der Waals surface area contributed by atoms with Gasteiger partial charge in [0.1, 0.15) is 5.75 Å². The second-order valence-electron chi connectivity index (χ2n) is 6.15. The molecule has 2 amide bonds. The second-order valence-corrected chi connectivity index (χ2v) is 6.15. The molecule has 0 atom stereocenters. The number of hydrogen-bond acceptors (Lipinski definition) is 6. The average molecular weight is 387 g/mol. The molecule has 0 fully saturated rings. The molecule has 0 saturated carbocycles. The summed E-state index contributed by atoms with van der Waals surface area (Å²) in [4.78, 5) is 32.8. The van der Waals surface area contributed by atoms with Crippen LogP contribution < -0.4 is 15.5 Å². The van der Waals surface area contributed by atoms with E-state index in [1.54, 1.807) is 42.6 Å². The number of amides is 2. The molecule has 0 spiro atoms. The van der Waals surface area contributed by atoms with Crippen LogP contribution in [0.3, 0.4) is 0 Å². The molecule has 2 heterocycles. The molecule has 3 aromatic rings. The summed E-state index contributed by atoms with van der Waals surface area (Å²) in [6, 6.07) is 15.9. The fraction of sp³-hybridized carbons (Fsp3) is 0.0476. The average Bonchev–Trinajstić information content (AvgIpc) is 3.30. The minimum Gasteiger partial charge on any atom is -0.424 e. The number of anilines is 1. The molecule has 2 aromatic carbocycles. The Morgan fingerprint density at radius 3 is 2.34 bits per heavy atom. The molecule has 0 unspecified atom stereocenters. The highest BCUT2D eigenvalue weighted by Gasteiger charge is 2.16. The molecule has 8 heteroatoms. The van der Waals surface area contributed by atoms with E-state index in [4.69, 9.17) is 4.74 Å². The summed E-state index contributed by atoms with van der Waals surface area (Å²) in [6.07, 6.45) is 6.35. The van der Waals surface area contributed by atoms with Gasteiger partial charge in [-0.05, 0) is 42.5 Å². The summed E-state index contributed by atoms with van der Waals surface area (Å²) in [7, 11) is 0. The smallest absolute Gasteiger partial charge is 0.321 e. The van der Waals surface area contributed by atoms with Gasteiger partial charge in [0.05, 0.1) is 12.1 Å². The normalized spacial score (nSPS) is 12.3. The lowest BCUT2D eigenvalue weighted by molar-refractivity contribution is 0.0737. The van der Waals surface area contributed by atoms with Gasteiger partial charge in [-0.2, -0.15) is 0 Å². The van der Waals surface area contributed by atoms with Crippen molar-refractivity contribution in [3.05, 3.63) is 90.4 Å². The highest BCUT2D eigenvalue weighted by Crippen LogP contribution is 2.17. The summed E-state index contributed by atoms with van der Waals surface area (Å²) in [6.45, 7) is 0.515. The van der Waals surface area contributed by atoms with Crippen molar-refractivity contribution in [2.24, 2.45) is 0 Å². The number of para-hydroxylation sites is 1. The SMILES string of the molecule is O=C(Nc1ccc(C(=O)N2CC=CN2)cc1)c1cnc(Oc2ccccc2)nc1. The van der Waals surface area contributed by atoms with Gasteiger partial charge >= 0.3 is 6.01 Å². The van der Waals surface area contributed by atoms with E-state index in [1.165, 1.54) is 17.4 Å². The molecular weight excluding hydrogens is 370 g/mol. The Hall–Kier alpha value is -4.20. The van der Waals surface area contributed by atoms with Crippen LogP contribution in [0.2, 0.25) is 0 Å². The molecule has 2 N–H and O–H groups in total. The van der Waals surface area contributed by atoms with E-state index in [0.717, 1.165) is 0 Å². The van der Waals surface area contributed by atoms with E-state index in [1.807, 2.05) is 24.3 Å². The molecule has 1 aliphatic rings. The van der Waals surface area contributed by atoms with Crippen LogP contribution in [0.1, 0.15) is 20.7 Å². The monoisotopic (exact) mass is 387 g/mol. The zero-order valence-electron chi connectivity index (χ0n) is 15.3. The van der Waals surface area contributed by atoms with Crippen molar-refractivity contribution in [2.45, 2.75) is 0 Å². The first-order valence-corrected chi connectivity index (χ1v) is 8.88. The zero-order chi connectivity index (χ0) is 20.1. The van der Waals surface area contributed by atoms with Gasteiger partial charge in [0, 0.05) is 29.8 Å². The number of nitrogens with one attached hydrogen (secondary N) is 2. The highest BCUT2D eigenvalue weighted by molar-refractivity contribution is 6.04. The highest BCUT2D eigenvalue weighted by atomic mass is 16.5. The number of benzene rings is 2. The maximum Gasteiger partial charge on any atom is 0.321 e. The minimum absolute atomic E-state index is 0.143. The maximum absolute atomic E-state index is 12.4. The van der Waals surface area contributed by atoms with E-state index in [0.29, 0.717) is 23.5 Å². The first kappa shape index (κ1) is 18.2. The molecule has 8 nitrogen and oxygen atoms in total. The van der Waals surface area contributed by atoms with Crippen LogP contribution in [0.15, 0.2) is 79.3 Å². The van der Waals surface area contributed by atoms with Crippen LogP contribution in [0.5, 0.6) is 11.8 Å². The van der Waals surface area contributed by atoms with Gasteiger partial charge in [-0.15, -0.1) is 0 Å². The number of hydrogen-bond donors (Lipinski definition) is 2. The predicted octanol–water partition coefficient (Wildman–Crippen LogP) is 3.00. The number of nitrogens with zero attached hydrogens (tertiary/aromatic N) is 3. The van der Waals surface area contributed by atoms with Gasteiger partial charge in [0.15, 0.2) is 0 Å². The van der Waals surface area contributed by atoms with Gasteiger partial charge in [0.25, 0.3) is 11.8 Å². The van der Waals surface area contributed by atoms with E-state index in [2.05, 4.69) is 20.7 Å². The summed E-state index contributed by atoms with van der Waals surface area (Å²) in [5.41, 5.74) is 4.22. The number of aromatic nitrogens is 2. The molecule has 1 aromatic heterocycles. The molecule has 1 aliphatic heterocycles. The third-order valence-electron chi connectivity index (χ3n) is 4.11. The molecule has 0 bridgehead atoms. The molecule has 0 saturated heterocycles. The Labute approximate surface area is 166 Å². The molecule has 144 valence electrons. The van der Waals surface area contributed by atoms with Crippen molar-refractivity contribution in [3.63, 3.8) is 0 Å². The van der Waals surface area contributed by atoms with Crippen molar-refractivity contribution in [1.29, 1.82) is 0 Å². The molecule has 0 aliphatic carbocycles. The van der Waals surface area contributed by atoms with E-state index >= 15 is 0 Å². The third kappa shape index (κ3) is 4.38. The molecule has 4 rings (SSSR count). The van der Waals surface area contributed by atoms with Crippen molar-refractivity contribution in [1.82, 2.24) is 20.4 Å². The summed E-state index contributed by atoms with van der Waals surface area (Å²) >= 11 is 0. The first-order chi connectivity index (χ1) is 14.2. The quantitative estimate of drug-likeness (QED) is 0.699. The second kappa shape index (κ2) is 8.22. The standard InChI is InChI=1S/C21H17N5O3/c27-19(16-13-22-21(23-14-16)29-18-5-2-1-3-6-18)25-17-9-7-15(8-10-17)20(28)26-12-4-11-24-26/h1-11,13-14,24H,12H2,(H,25,27). The number of hydrazine groups is 1. The lowest BCUT2D eigenvalue weighted by Gasteiger charge is -2.16. The molecule has 29 heavy (non-hydrogen) atoms. The fourth-order valence-corrected chi connectivity index (χ4v) is 2.63. The van der Waals surface area contributed by atoms with Crippen LogP contribution in [0.4, 0.5) is 5.69 Å². The number of rotatable bonds is 5. The van der Waals surface area contributed by atoms with Crippen molar-refractivity contribution in [2.75, 3.05) is 11.9 Å². The Balaban J connectivity index is 1.36. The number of ether oxygens (including phenoxy) is 1. The topological polar surface area (TPSA) is 96.5 Å². The van der Waals surface area contributed by atoms with Crippen LogP contribution in [-0.4, -0.2) is 33.3 Å². The first-order valence-electron chi connectivity index (χ1n) is 8.88. The Kier molecular flexibility index (Phi) is 5.15. The Bertz CT molecular complexity index is 1030. The maximum atomic E-state index is 12.4. The van der Waals surface area contributed by atoms with Crippen LogP contribution >= 0.6 is 0 Å². The van der Waals surface area contributed by atoms with E-state index in [-0.39, 0.29) is 23.4 Å². The van der Waals surface area contributed by atoms with Gasteiger partial charge in [-0.1, -0.05) is 18.2 Å². The number of carbonyl (C=O) groups is 2. The molecular formula is C21H17N5O3. The Morgan fingerprint density at radius 1 is 0.966 bits per heavy atom. The Morgan fingerprint density at radius 2 is 1.69 bits per heavy atom. The van der Waals surface area contributed by atoms with Crippen LogP contribution in [0.25, 0.3) is 0 Å². The van der Waals surface area contributed by atoms with Crippen LogP contribution in [0, 0.1) is 0 Å². The van der Waals surface area contributed by atoms with E-state index < -0.39 is 0 Å². The van der Waals surface area contributed by atoms with Crippen molar-refractivity contribution in [3.8, 4) is 11.8 Å². The largest absolute Gasteiger partial charge is 0.424 e. The zero-order valence-corrected chi connectivity index (χ0v) is 15.3. The van der Waals surface area contributed by atoms with Gasteiger partial charge in [-0.25, -0.2) is 15.0 Å². The lowest BCUT2D eigenvalue weighted by Crippen LogP contribution is -2.36. The lowest BCUT2D eigenvalue weighted by atomic mass is 10.2. The summed E-state index contributed by atoms with van der Waals surface area (Å²) in [5, 5.41) is 4.24. The van der Waals surface area contributed by atoms with Gasteiger partial charge < -0.3 is 15.5 Å². The van der Waals surface area contributed by atoms with Crippen LogP contribution in [-0.2, 0) is 0 Å². The predicted molar refractivity (Wildman–Crippen MR) is 106 cm³/mol. The molecule has 0 radical (unpaired) electrons. The van der Waals surface area contributed by atoms with Gasteiger partial charge in [-0.3, -0.25) is 9.59 Å². The number of carbonyl (C=O) groups excluding carboxylic acids is 2. The fourth-order valence-electron chi connectivity index (χ4n) is 2.63. The van der Waals surface area contributed by atoms with E-state index in [9.17, 15) is 9.59 Å². The van der Waals surface area contributed by atoms with Crippen molar-refractivity contribution >= 4 is 17.5 Å². The third-order valence-corrected chi connectivity index (χ3v) is 4.11. The van der Waals surface area contributed by atoms with Gasteiger partial charge in [0.2, 0.25) is 0 Å². The summed E-state index contributed by atoms with van der Waals surface area (Å²) < 4.78 is 5.51. The van der Waals surface area contributed by atoms with Crippen molar-refractivity contribution < 1.29 is 14.3 Å².